The van der Waals surface area contributed by atoms with Gasteiger partial charge in [-0.15, -0.1) is 0 Å². The van der Waals surface area contributed by atoms with Crippen LogP contribution in [0.15, 0.2) is 35.6 Å². The van der Waals surface area contributed by atoms with Crippen LogP contribution in [-0.4, -0.2) is 34.3 Å². The summed E-state index contributed by atoms with van der Waals surface area (Å²) < 4.78 is 5.81. The molecule has 0 unspecified atom stereocenters. The number of carbonyl (C=O) groups excluding carboxylic acids is 1. The Bertz CT molecular complexity index is 551. The van der Waals surface area contributed by atoms with Crippen LogP contribution in [0, 0.1) is 11.8 Å². The lowest BCUT2D eigenvalue weighted by molar-refractivity contribution is 0.0864. The molecule has 0 spiro atoms. The number of ether oxygens (including phenoxy) is 1. The zero-order valence-corrected chi connectivity index (χ0v) is 16.9. The minimum atomic E-state index is -0.637. The van der Waals surface area contributed by atoms with Gasteiger partial charge < -0.3 is 14.7 Å². The van der Waals surface area contributed by atoms with Gasteiger partial charge in [-0.2, -0.15) is 0 Å². The van der Waals surface area contributed by atoms with Gasteiger partial charge in [0, 0.05) is 24.4 Å². The van der Waals surface area contributed by atoms with E-state index in [9.17, 15) is 9.90 Å². The van der Waals surface area contributed by atoms with Crippen molar-refractivity contribution >= 4 is 6.09 Å². The molecular formula is C21H35NO3. The fourth-order valence-corrected chi connectivity index (χ4v) is 3.54. The molecule has 25 heavy (non-hydrogen) atoms. The molecule has 3 atom stereocenters. The van der Waals surface area contributed by atoms with Crippen LogP contribution in [0.3, 0.4) is 0 Å². The van der Waals surface area contributed by atoms with Gasteiger partial charge in [0.15, 0.2) is 0 Å². The second-order valence-electron chi connectivity index (χ2n) is 7.95. The number of hydrogen-bond acceptors (Lipinski definition) is 3. The van der Waals surface area contributed by atoms with Crippen LogP contribution in [0.25, 0.3) is 0 Å². The van der Waals surface area contributed by atoms with Gasteiger partial charge in [-0.3, -0.25) is 0 Å². The normalized spacial score (nSPS) is 22.2. The molecule has 0 aromatic carbocycles. The molecule has 1 rings (SSSR count). The average molecular weight is 350 g/mol. The average Bonchev–Trinajstić information content (AvgIpc) is 2.47. The summed E-state index contributed by atoms with van der Waals surface area (Å²) in [5.74, 6) is 0.764. The van der Waals surface area contributed by atoms with Crippen molar-refractivity contribution in [2.75, 3.05) is 0 Å². The quantitative estimate of drug-likeness (QED) is 0.682. The van der Waals surface area contributed by atoms with E-state index in [-0.39, 0.29) is 30.0 Å². The molecule has 1 amide bonds. The van der Waals surface area contributed by atoms with Crippen LogP contribution in [-0.2, 0) is 4.74 Å². The number of aliphatic hydroxyl groups is 1. The van der Waals surface area contributed by atoms with E-state index in [2.05, 4.69) is 13.2 Å². The maximum absolute atomic E-state index is 12.7. The molecule has 0 bridgehead atoms. The Labute approximate surface area is 153 Å². The molecule has 4 heteroatoms. The van der Waals surface area contributed by atoms with Crippen molar-refractivity contribution in [2.45, 2.75) is 79.5 Å². The van der Waals surface area contributed by atoms with Gasteiger partial charge in [-0.25, -0.2) is 4.79 Å². The molecule has 0 fully saturated rings. The number of aliphatic hydroxyl groups excluding tert-OH is 1. The summed E-state index contributed by atoms with van der Waals surface area (Å²) in [5.41, 5.74) is 2.71. The van der Waals surface area contributed by atoms with Crippen molar-refractivity contribution in [1.82, 2.24) is 4.90 Å². The molecule has 1 aliphatic rings. The van der Waals surface area contributed by atoms with E-state index in [4.69, 9.17) is 4.74 Å². The topological polar surface area (TPSA) is 49.8 Å². The van der Waals surface area contributed by atoms with E-state index in [1.807, 2.05) is 48.5 Å². The van der Waals surface area contributed by atoms with Gasteiger partial charge in [0.25, 0.3) is 0 Å². The monoisotopic (exact) mass is 349 g/mol. The van der Waals surface area contributed by atoms with Crippen molar-refractivity contribution in [2.24, 2.45) is 11.8 Å². The Balaban J connectivity index is 3.15. The maximum Gasteiger partial charge on any atom is 0.415 e. The first-order valence-electron chi connectivity index (χ1n) is 9.15. The minimum Gasteiger partial charge on any atom is -0.415 e. The summed E-state index contributed by atoms with van der Waals surface area (Å²) >= 11 is 0. The number of carbonyl (C=O) groups is 1. The molecule has 142 valence electrons. The summed E-state index contributed by atoms with van der Waals surface area (Å²) in [5, 5.41) is 10.5. The van der Waals surface area contributed by atoms with Crippen molar-refractivity contribution in [3.8, 4) is 0 Å². The van der Waals surface area contributed by atoms with E-state index >= 15 is 0 Å². The van der Waals surface area contributed by atoms with Crippen LogP contribution in [0.4, 0.5) is 4.79 Å². The van der Waals surface area contributed by atoms with E-state index in [1.54, 1.807) is 4.90 Å². The number of nitrogens with zero attached hydrogens (tertiary/aromatic N) is 1. The van der Waals surface area contributed by atoms with Gasteiger partial charge in [0.2, 0.25) is 0 Å². The highest BCUT2D eigenvalue weighted by Crippen LogP contribution is 2.40. The molecule has 0 aromatic heterocycles. The maximum atomic E-state index is 12.7. The van der Waals surface area contributed by atoms with Crippen LogP contribution in [0.2, 0.25) is 0 Å². The Morgan fingerprint density at radius 1 is 1.20 bits per heavy atom. The third kappa shape index (κ3) is 5.21. The second-order valence-corrected chi connectivity index (χ2v) is 7.95. The first kappa shape index (κ1) is 21.5. The molecule has 0 aromatic rings. The number of allylic oxidation sites excluding steroid dienone is 2. The van der Waals surface area contributed by atoms with Crippen molar-refractivity contribution in [3.63, 3.8) is 0 Å². The van der Waals surface area contributed by atoms with Gasteiger partial charge in [0.1, 0.15) is 5.76 Å². The highest BCUT2D eigenvalue weighted by molar-refractivity contribution is 5.69. The predicted molar refractivity (Wildman–Crippen MR) is 103 cm³/mol. The summed E-state index contributed by atoms with van der Waals surface area (Å²) in [6.07, 6.45) is 0.484. The van der Waals surface area contributed by atoms with Crippen molar-refractivity contribution in [1.29, 1.82) is 0 Å². The van der Waals surface area contributed by atoms with Crippen LogP contribution < -0.4 is 0 Å². The lowest BCUT2D eigenvalue weighted by atomic mass is 9.74. The molecule has 0 saturated heterocycles. The summed E-state index contributed by atoms with van der Waals surface area (Å²) in [7, 11) is 0. The molecule has 1 aliphatic carbocycles. The van der Waals surface area contributed by atoms with Gasteiger partial charge in [-0.05, 0) is 66.4 Å². The molecule has 0 saturated carbocycles. The summed E-state index contributed by atoms with van der Waals surface area (Å²) in [6.45, 7) is 21.6. The van der Waals surface area contributed by atoms with Crippen molar-refractivity contribution in [3.05, 3.63) is 35.6 Å². The third-order valence-electron chi connectivity index (χ3n) is 5.08. The Hall–Kier alpha value is -1.55. The van der Waals surface area contributed by atoms with E-state index in [0.29, 0.717) is 12.2 Å². The smallest absolute Gasteiger partial charge is 0.415 e. The lowest BCUT2D eigenvalue weighted by Gasteiger charge is -2.36. The molecular weight excluding hydrogens is 314 g/mol. The predicted octanol–water partition coefficient (Wildman–Crippen LogP) is 5.06. The van der Waals surface area contributed by atoms with Gasteiger partial charge in [0.05, 0.1) is 6.10 Å². The van der Waals surface area contributed by atoms with Gasteiger partial charge >= 0.3 is 6.09 Å². The summed E-state index contributed by atoms with van der Waals surface area (Å²) in [4.78, 5) is 14.4. The Morgan fingerprint density at radius 2 is 1.72 bits per heavy atom. The molecule has 0 heterocycles. The standard InChI is InChI=1S/C21H35NO3/c1-12(2)17-10-18(20(23)13(3)4)16(9)19(11-17)25-21(24)22(14(5)6)15(7)8/h14-15,17-18,20,23H,1,3,10-11H2,2,4-9H3/t17-,18-,20+/m1/s1. The fourth-order valence-electron chi connectivity index (χ4n) is 3.54. The van der Waals surface area contributed by atoms with E-state index in [1.165, 1.54) is 0 Å². The fraction of sp³-hybridized carbons (Fsp3) is 0.667. The van der Waals surface area contributed by atoms with Crippen LogP contribution in [0.1, 0.15) is 61.3 Å². The SMILES string of the molecule is C=C(C)[C@H]1CC(OC(=O)N(C(C)C)C(C)C)=C(C)[C@H]([C@@H](O)C(=C)C)C1. The minimum absolute atomic E-state index is 0.0609. The Morgan fingerprint density at radius 3 is 2.12 bits per heavy atom. The third-order valence-corrected chi connectivity index (χ3v) is 5.08. The number of amides is 1. The molecule has 1 N–H and O–H groups in total. The zero-order chi connectivity index (χ0) is 19.5. The zero-order valence-electron chi connectivity index (χ0n) is 16.9. The molecule has 0 radical (unpaired) electrons. The van der Waals surface area contributed by atoms with Crippen LogP contribution >= 0.6 is 0 Å². The van der Waals surface area contributed by atoms with Crippen LogP contribution in [0.5, 0.6) is 0 Å². The second kappa shape index (κ2) is 8.70. The highest BCUT2D eigenvalue weighted by Gasteiger charge is 2.35. The summed E-state index contributed by atoms with van der Waals surface area (Å²) in [6, 6.07) is 0.122. The number of rotatable bonds is 6. The molecule has 4 nitrogen and oxygen atoms in total. The first-order chi connectivity index (χ1) is 11.5. The molecule has 0 aliphatic heterocycles. The van der Waals surface area contributed by atoms with E-state index in [0.717, 1.165) is 23.1 Å². The first-order valence-corrected chi connectivity index (χ1v) is 9.15. The highest BCUT2D eigenvalue weighted by atomic mass is 16.6. The van der Waals surface area contributed by atoms with E-state index < -0.39 is 6.10 Å². The number of hydrogen-bond donors (Lipinski definition) is 1. The lowest BCUT2D eigenvalue weighted by Crippen LogP contribution is -2.42. The Kier molecular flexibility index (Phi) is 7.48. The van der Waals surface area contributed by atoms with Crippen molar-refractivity contribution < 1.29 is 14.6 Å². The largest absolute Gasteiger partial charge is 0.415 e. The van der Waals surface area contributed by atoms with Gasteiger partial charge in [-0.1, -0.05) is 24.3 Å².